The van der Waals surface area contributed by atoms with E-state index in [1.54, 1.807) is 0 Å². The van der Waals surface area contributed by atoms with E-state index in [2.05, 4.69) is 10.00 Å². The van der Waals surface area contributed by atoms with Gasteiger partial charge in [-0.15, -0.1) is 0 Å². The summed E-state index contributed by atoms with van der Waals surface area (Å²) in [5.41, 5.74) is 5.85. The van der Waals surface area contributed by atoms with Crippen LogP contribution < -0.4 is 5.73 Å². The maximum atomic E-state index is 12.4. The molecule has 1 saturated heterocycles. The third kappa shape index (κ3) is 4.30. The number of piperidine rings is 1. The number of nitrogens with zero attached hydrogens (tertiary/aromatic N) is 4. The average Bonchev–Trinajstić information content (AvgIpc) is 3.04. The van der Waals surface area contributed by atoms with Crippen molar-refractivity contribution in [2.24, 2.45) is 11.7 Å². The fourth-order valence-corrected chi connectivity index (χ4v) is 2.93. The van der Waals surface area contributed by atoms with E-state index in [9.17, 15) is 4.79 Å². The van der Waals surface area contributed by atoms with Gasteiger partial charge in [0, 0.05) is 51.2 Å². The van der Waals surface area contributed by atoms with Crippen molar-refractivity contribution in [3.63, 3.8) is 0 Å². The molecule has 0 aromatic carbocycles. The lowest BCUT2D eigenvalue weighted by Gasteiger charge is -2.38. The highest BCUT2D eigenvalue weighted by Gasteiger charge is 2.28. The minimum Gasteiger partial charge on any atom is -0.342 e. The fraction of sp³-hybridized carbons (Fsp3) is 0.750. The van der Waals surface area contributed by atoms with Gasteiger partial charge in [0.05, 0.1) is 12.5 Å². The molecule has 0 spiro atoms. The normalized spacial score (nSPS) is 19.8. The fourth-order valence-electron chi connectivity index (χ4n) is 2.93. The van der Waals surface area contributed by atoms with Gasteiger partial charge in [0.25, 0.3) is 0 Å². The van der Waals surface area contributed by atoms with Crippen molar-refractivity contribution in [2.75, 3.05) is 26.7 Å². The Bertz CT molecular complexity index is 451. The number of hydrogen-bond acceptors (Lipinski definition) is 4. The van der Waals surface area contributed by atoms with Crippen molar-refractivity contribution in [2.45, 2.75) is 45.3 Å². The number of nitrogens with two attached hydrogens (primary N) is 1. The molecular formula is C16H29N5O. The van der Waals surface area contributed by atoms with E-state index in [0.717, 1.165) is 39.0 Å². The zero-order valence-electron chi connectivity index (χ0n) is 14.0. The molecule has 6 heteroatoms. The Hall–Kier alpha value is -1.40. The van der Waals surface area contributed by atoms with Gasteiger partial charge in [-0.2, -0.15) is 5.10 Å². The van der Waals surface area contributed by atoms with E-state index < -0.39 is 0 Å². The molecule has 2 N–H and O–H groups in total. The zero-order chi connectivity index (χ0) is 16.1. The molecule has 0 saturated carbocycles. The average molecular weight is 307 g/mol. The van der Waals surface area contributed by atoms with Crippen molar-refractivity contribution < 1.29 is 4.79 Å². The smallest absolute Gasteiger partial charge is 0.226 e. The zero-order valence-corrected chi connectivity index (χ0v) is 14.0. The highest BCUT2D eigenvalue weighted by atomic mass is 16.2. The number of carbonyl (C=O) groups is 1. The molecule has 1 aliphatic rings. The van der Waals surface area contributed by atoms with Crippen molar-refractivity contribution in [1.29, 1.82) is 0 Å². The molecule has 6 nitrogen and oxygen atoms in total. The summed E-state index contributed by atoms with van der Waals surface area (Å²) in [5, 5.41) is 4.23. The summed E-state index contributed by atoms with van der Waals surface area (Å²) in [6, 6.07) is 2.20. The van der Waals surface area contributed by atoms with Crippen LogP contribution >= 0.6 is 0 Å². The summed E-state index contributed by atoms with van der Waals surface area (Å²) in [5.74, 6) is 0.0628. The SMILES string of the molecule is CC(N)C(C)C(=O)N(C)C1CCN(CCn2cccn2)CC1. The lowest BCUT2D eigenvalue weighted by atomic mass is 9.98. The van der Waals surface area contributed by atoms with Crippen LogP contribution in [0, 0.1) is 5.92 Å². The highest BCUT2D eigenvalue weighted by molar-refractivity contribution is 5.79. The number of likely N-dealkylation sites (tertiary alicyclic amines) is 1. The van der Waals surface area contributed by atoms with Gasteiger partial charge in [-0.25, -0.2) is 0 Å². The van der Waals surface area contributed by atoms with Gasteiger partial charge < -0.3 is 15.5 Å². The second kappa shape index (κ2) is 7.74. The molecule has 2 heterocycles. The summed E-state index contributed by atoms with van der Waals surface area (Å²) in [4.78, 5) is 16.7. The molecule has 1 amide bonds. The first-order valence-electron chi connectivity index (χ1n) is 8.21. The molecule has 1 aromatic heterocycles. The van der Waals surface area contributed by atoms with Crippen LogP contribution in [-0.4, -0.2) is 64.3 Å². The first-order valence-corrected chi connectivity index (χ1v) is 8.21. The van der Waals surface area contributed by atoms with Crippen LogP contribution in [0.4, 0.5) is 0 Å². The second-order valence-electron chi connectivity index (χ2n) is 6.44. The molecule has 0 bridgehead atoms. The Balaban J connectivity index is 1.75. The first kappa shape index (κ1) is 17.0. The summed E-state index contributed by atoms with van der Waals surface area (Å²) < 4.78 is 1.96. The Morgan fingerprint density at radius 3 is 2.59 bits per heavy atom. The van der Waals surface area contributed by atoms with E-state index in [1.807, 2.05) is 48.9 Å². The predicted molar refractivity (Wildman–Crippen MR) is 87.3 cm³/mol. The van der Waals surface area contributed by atoms with E-state index in [4.69, 9.17) is 5.73 Å². The first-order chi connectivity index (χ1) is 10.5. The number of amides is 1. The number of aromatic nitrogens is 2. The summed E-state index contributed by atoms with van der Waals surface area (Å²) in [6.45, 7) is 7.83. The van der Waals surface area contributed by atoms with Gasteiger partial charge in [0.15, 0.2) is 0 Å². The van der Waals surface area contributed by atoms with E-state index in [-0.39, 0.29) is 17.9 Å². The van der Waals surface area contributed by atoms with Crippen LogP contribution in [0.25, 0.3) is 0 Å². The molecule has 2 rings (SSSR count). The van der Waals surface area contributed by atoms with Crippen LogP contribution in [0.1, 0.15) is 26.7 Å². The molecule has 2 unspecified atom stereocenters. The maximum Gasteiger partial charge on any atom is 0.226 e. The Morgan fingerprint density at radius 2 is 2.05 bits per heavy atom. The standard InChI is InChI=1S/C16H29N5O/c1-13(14(2)17)16(22)19(3)15-5-9-20(10-6-15)11-12-21-8-4-7-18-21/h4,7-8,13-15H,5-6,9-12,17H2,1-3H3. The highest BCUT2D eigenvalue weighted by Crippen LogP contribution is 2.18. The third-order valence-electron chi connectivity index (χ3n) is 4.84. The van der Waals surface area contributed by atoms with Gasteiger partial charge >= 0.3 is 0 Å². The third-order valence-corrected chi connectivity index (χ3v) is 4.84. The van der Waals surface area contributed by atoms with Gasteiger partial charge in [0.1, 0.15) is 0 Å². The molecule has 0 aliphatic carbocycles. The van der Waals surface area contributed by atoms with Crippen molar-refractivity contribution >= 4 is 5.91 Å². The van der Waals surface area contributed by atoms with Crippen LogP contribution in [-0.2, 0) is 11.3 Å². The van der Waals surface area contributed by atoms with Crippen LogP contribution in [0.3, 0.4) is 0 Å². The van der Waals surface area contributed by atoms with E-state index in [0.29, 0.717) is 6.04 Å². The number of carbonyl (C=O) groups excluding carboxylic acids is 1. The molecule has 124 valence electrons. The van der Waals surface area contributed by atoms with Crippen LogP contribution in [0.2, 0.25) is 0 Å². The van der Waals surface area contributed by atoms with E-state index >= 15 is 0 Å². The van der Waals surface area contributed by atoms with Crippen molar-refractivity contribution in [3.8, 4) is 0 Å². The van der Waals surface area contributed by atoms with Gasteiger partial charge in [-0.3, -0.25) is 9.48 Å². The quantitative estimate of drug-likeness (QED) is 0.844. The molecule has 22 heavy (non-hydrogen) atoms. The van der Waals surface area contributed by atoms with Gasteiger partial charge in [0.2, 0.25) is 5.91 Å². The summed E-state index contributed by atoms with van der Waals surface area (Å²) >= 11 is 0. The number of hydrogen-bond donors (Lipinski definition) is 1. The molecular weight excluding hydrogens is 278 g/mol. The predicted octanol–water partition coefficient (Wildman–Crippen LogP) is 0.789. The molecule has 0 radical (unpaired) electrons. The Kier molecular flexibility index (Phi) is 5.97. The Labute approximate surface area is 133 Å². The van der Waals surface area contributed by atoms with Crippen LogP contribution in [0.5, 0.6) is 0 Å². The molecule has 1 aliphatic heterocycles. The van der Waals surface area contributed by atoms with Gasteiger partial charge in [-0.05, 0) is 25.8 Å². The summed E-state index contributed by atoms with van der Waals surface area (Å²) in [6.07, 6.45) is 5.88. The second-order valence-corrected chi connectivity index (χ2v) is 6.44. The largest absolute Gasteiger partial charge is 0.342 e. The monoisotopic (exact) mass is 307 g/mol. The molecule has 1 fully saturated rings. The van der Waals surface area contributed by atoms with Crippen molar-refractivity contribution in [3.05, 3.63) is 18.5 Å². The van der Waals surface area contributed by atoms with Gasteiger partial charge in [-0.1, -0.05) is 6.92 Å². The minimum absolute atomic E-state index is 0.0934. The lowest BCUT2D eigenvalue weighted by Crippen LogP contribution is -2.49. The lowest BCUT2D eigenvalue weighted by molar-refractivity contribution is -0.137. The van der Waals surface area contributed by atoms with Crippen molar-refractivity contribution in [1.82, 2.24) is 19.6 Å². The number of rotatable bonds is 6. The molecule has 1 aromatic rings. The summed E-state index contributed by atoms with van der Waals surface area (Å²) in [7, 11) is 1.92. The van der Waals surface area contributed by atoms with E-state index in [1.165, 1.54) is 0 Å². The topological polar surface area (TPSA) is 67.4 Å². The Morgan fingerprint density at radius 1 is 1.36 bits per heavy atom. The maximum absolute atomic E-state index is 12.4. The minimum atomic E-state index is -0.108. The molecule has 2 atom stereocenters. The van der Waals surface area contributed by atoms with Crippen LogP contribution in [0.15, 0.2) is 18.5 Å².